The first-order valence-electron chi connectivity index (χ1n) is 5.97. The molecule has 19 heavy (non-hydrogen) atoms. The number of nitrogens with one attached hydrogen (secondary N) is 1. The van der Waals surface area contributed by atoms with Gasteiger partial charge in [0, 0.05) is 21.1 Å². The molecule has 1 atom stereocenters. The van der Waals surface area contributed by atoms with Crippen LogP contribution in [-0.2, 0) is 6.42 Å². The highest BCUT2D eigenvalue weighted by Gasteiger charge is 2.15. The van der Waals surface area contributed by atoms with Gasteiger partial charge in [0.05, 0.1) is 0 Å². The maximum absolute atomic E-state index is 13.9. The molecule has 0 spiro atoms. The molecular weight excluding hydrogens is 329 g/mol. The first-order valence-corrected chi connectivity index (χ1v) is 7.14. The molecule has 0 amide bonds. The maximum atomic E-state index is 13.9. The van der Waals surface area contributed by atoms with Gasteiger partial charge in [0.2, 0.25) is 0 Å². The van der Waals surface area contributed by atoms with Crippen LogP contribution in [0, 0.1) is 5.82 Å². The molecule has 1 nitrogen and oxygen atoms in total. The van der Waals surface area contributed by atoms with Crippen LogP contribution in [0.2, 0.25) is 5.02 Å². The normalized spacial score (nSPS) is 12.4. The minimum absolute atomic E-state index is 0.0707. The first-order chi connectivity index (χ1) is 9.10. The van der Waals surface area contributed by atoms with Gasteiger partial charge in [-0.15, -0.1) is 0 Å². The topological polar surface area (TPSA) is 12.0 Å². The van der Waals surface area contributed by atoms with Crippen LogP contribution in [0.1, 0.15) is 17.2 Å². The van der Waals surface area contributed by atoms with Crippen molar-refractivity contribution in [1.82, 2.24) is 5.32 Å². The second kappa shape index (κ2) is 6.51. The molecule has 100 valence electrons. The highest BCUT2D eigenvalue weighted by molar-refractivity contribution is 9.10. The van der Waals surface area contributed by atoms with Crippen molar-refractivity contribution in [3.05, 3.63) is 68.9 Å². The molecule has 0 aliphatic rings. The minimum atomic E-state index is -0.198. The lowest BCUT2D eigenvalue weighted by molar-refractivity contribution is 0.533. The van der Waals surface area contributed by atoms with Gasteiger partial charge in [0.15, 0.2) is 0 Å². The van der Waals surface area contributed by atoms with Crippen molar-refractivity contribution in [3.63, 3.8) is 0 Å². The molecule has 0 aliphatic heterocycles. The summed E-state index contributed by atoms with van der Waals surface area (Å²) in [5, 5.41) is 3.86. The van der Waals surface area contributed by atoms with Crippen LogP contribution >= 0.6 is 27.5 Å². The molecule has 1 N–H and O–H groups in total. The van der Waals surface area contributed by atoms with Gasteiger partial charge < -0.3 is 5.32 Å². The number of likely N-dealkylation sites (N-methyl/N-ethyl adjacent to an activating group) is 1. The zero-order valence-electron chi connectivity index (χ0n) is 10.5. The summed E-state index contributed by atoms with van der Waals surface area (Å²) in [6.07, 6.45) is 0.709. The van der Waals surface area contributed by atoms with E-state index in [1.807, 2.05) is 37.4 Å². The van der Waals surface area contributed by atoms with Crippen molar-refractivity contribution in [1.29, 1.82) is 0 Å². The Kier molecular flexibility index (Phi) is 4.97. The van der Waals surface area contributed by atoms with Crippen molar-refractivity contribution in [2.24, 2.45) is 0 Å². The van der Waals surface area contributed by atoms with Crippen molar-refractivity contribution >= 4 is 27.5 Å². The number of halogens is 3. The quantitative estimate of drug-likeness (QED) is 0.846. The largest absolute Gasteiger partial charge is 0.313 e. The lowest BCUT2D eigenvalue weighted by Gasteiger charge is -2.18. The van der Waals surface area contributed by atoms with E-state index in [4.69, 9.17) is 11.6 Å². The number of hydrogen-bond donors (Lipinski definition) is 1. The summed E-state index contributed by atoms with van der Waals surface area (Å²) in [7, 11) is 1.83. The van der Waals surface area contributed by atoms with Gasteiger partial charge in [-0.3, -0.25) is 0 Å². The van der Waals surface area contributed by atoms with Crippen LogP contribution in [0.3, 0.4) is 0 Å². The summed E-state index contributed by atoms with van der Waals surface area (Å²) in [6.45, 7) is 0. The highest BCUT2D eigenvalue weighted by Crippen LogP contribution is 2.25. The molecule has 0 radical (unpaired) electrons. The van der Waals surface area contributed by atoms with Crippen LogP contribution in [0.5, 0.6) is 0 Å². The molecule has 0 aromatic heterocycles. The molecule has 0 bridgehead atoms. The molecule has 0 saturated heterocycles. The minimum Gasteiger partial charge on any atom is -0.313 e. The molecular formula is C15H14BrClFN. The summed E-state index contributed by atoms with van der Waals surface area (Å²) < 4.78 is 14.8. The molecule has 4 heteroatoms. The standard InChI is InChI=1S/C15H14BrClFN/c1-19-15(8-10-2-5-12(17)6-3-10)13-9-11(16)4-7-14(13)18/h2-7,9,15,19H,8H2,1H3. The van der Waals surface area contributed by atoms with E-state index in [0.717, 1.165) is 10.0 Å². The predicted molar refractivity (Wildman–Crippen MR) is 81.1 cm³/mol. The van der Waals surface area contributed by atoms with Crippen LogP contribution in [0.4, 0.5) is 4.39 Å². The van der Waals surface area contributed by atoms with Crippen LogP contribution < -0.4 is 5.32 Å². The molecule has 0 aliphatic carbocycles. The number of hydrogen-bond acceptors (Lipinski definition) is 1. The third-order valence-corrected chi connectivity index (χ3v) is 3.78. The fraction of sp³-hybridized carbons (Fsp3) is 0.200. The molecule has 2 rings (SSSR count). The van der Waals surface area contributed by atoms with Crippen LogP contribution in [-0.4, -0.2) is 7.05 Å². The Morgan fingerprint density at radius 1 is 1.21 bits per heavy atom. The van der Waals surface area contributed by atoms with Gasteiger partial charge >= 0.3 is 0 Å². The zero-order valence-corrected chi connectivity index (χ0v) is 12.8. The third-order valence-electron chi connectivity index (χ3n) is 3.04. The Balaban J connectivity index is 2.24. The van der Waals surface area contributed by atoms with E-state index < -0.39 is 0 Å². The van der Waals surface area contributed by atoms with Gasteiger partial charge in [-0.1, -0.05) is 39.7 Å². The summed E-state index contributed by atoms with van der Waals surface area (Å²) in [4.78, 5) is 0. The molecule has 0 heterocycles. The highest BCUT2D eigenvalue weighted by atomic mass is 79.9. The second-order valence-electron chi connectivity index (χ2n) is 4.34. The smallest absolute Gasteiger partial charge is 0.128 e. The van der Waals surface area contributed by atoms with Gasteiger partial charge in [-0.25, -0.2) is 4.39 Å². The first kappa shape index (κ1) is 14.5. The van der Waals surface area contributed by atoms with E-state index in [9.17, 15) is 4.39 Å². The van der Waals surface area contributed by atoms with E-state index in [1.54, 1.807) is 6.07 Å². The average molecular weight is 343 g/mol. The van der Waals surface area contributed by atoms with Crippen LogP contribution in [0.15, 0.2) is 46.9 Å². The van der Waals surface area contributed by atoms with Gasteiger partial charge in [0.1, 0.15) is 5.82 Å². The fourth-order valence-electron chi connectivity index (χ4n) is 2.01. The Hall–Kier alpha value is -0.900. The van der Waals surface area contributed by atoms with Crippen molar-refractivity contribution in [3.8, 4) is 0 Å². The fourth-order valence-corrected chi connectivity index (χ4v) is 2.51. The maximum Gasteiger partial charge on any atom is 0.128 e. The van der Waals surface area contributed by atoms with Gasteiger partial charge in [-0.2, -0.15) is 0 Å². The van der Waals surface area contributed by atoms with Crippen molar-refractivity contribution < 1.29 is 4.39 Å². The molecule has 1 unspecified atom stereocenters. The summed E-state index contributed by atoms with van der Waals surface area (Å²) >= 11 is 9.24. The van der Waals surface area contributed by atoms with Crippen LogP contribution in [0.25, 0.3) is 0 Å². The van der Waals surface area contributed by atoms with Crippen molar-refractivity contribution in [2.45, 2.75) is 12.5 Å². The zero-order chi connectivity index (χ0) is 13.8. The van der Waals surface area contributed by atoms with E-state index in [1.165, 1.54) is 6.07 Å². The molecule has 2 aromatic rings. The summed E-state index contributed by atoms with van der Waals surface area (Å²) in [5.74, 6) is -0.198. The average Bonchev–Trinajstić information content (AvgIpc) is 2.41. The van der Waals surface area contributed by atoms with Crippen molar-refractivity contribution in [2.75, 3.05) is 7.05 Å². The SMILES string of the molecule is CNC(Cc1ccc(Cl)cc1)c1cc(Br)ccc1F. The van der Waals surface area contributed by atoms with Gasteiger partial charge in [-0.05, 0) is 49.4 Å². The molecule has 2 aromatic carbocycles. The Labute approximate surface area is 125 Å². The summed E-state index contributed by atoms with van der Waals surface area (Å²) in [5.41, 5.74) is 1.77. The van der Waals surface area contributed by atoms with E-state index in [2.05, 4.69) is 21.2 Å². The Morgan fingerprint density at radius 2 is 1.89 bits per heavy atom. The predicted octanol–water partition coefficient (Wildman–Crippen LogP) is 4.74. The lowest BCUT2D eigenvalue weighted by Crippen LogP contribution is -2.20. The number of benzene rings is 2. The molecule has 0 saturated carbocycles. The van der Waals surface area contributed by atoms with E-state index in [0.29, 0.717) is 17.0 Å². The van der Waals surface area contributed by atoms with Gasteiger partial charge in [0.25, 0.3) is 0 Å². The van der Waals surface area contributed by atoms with E-state index in [-0.39, 0.29) is 11.9 Å². The summed E-state index contributed by atoms with van der Waals surface area (Å²) in [6, 6.07) is 12.5. The second-order valence-corrected chi connectivity index (χ2v) is 5.69. The lowest BCUT2D eigenvalue weighted by atomic mass is 9.98. The third kappa shape index (κ3) is 3.78. The monoisotopic (exact) mass is 341 g/mol. The Morgan fingerprint density at radius 3 is 2.53 bits per heavy atom. The molecule has 0 fully saturated rings. The number of rotatable bonds is 4. The van der Waals surface area contributed by atoms with E-state index >= 15 is 0 Å². The Bertz CT molecular complexity index is 557.